The lowest BCUT2D eigenvalue weighted by Crippen LogP contribution is -2.54. The molecule has 27 heavy (non-hydrogen) atoms. The van der Waals surface area contributed by atoms with Gasteiger partial charge in [-0.1, -0.05) is 38.1 Å². The summed E-state index contributed by atoms with van der Waals surface area (Å²) in [5.41, 5.74) is 2.57. The summed E-state index contributed by atoms with van der Waals surface area (Å²) in [7, 11) is 1.57. The zero-order chi connectivity index (χ0) is 19.6. The zero-order valence-corrected chi connectivity index (χ0v) is 16.2. The number of hydrogen-bond acceptors (Lipinski definition) is 4. The van der Waals surface area contributed by atoms with Crippen LogP contribution in [-0.2, 0) is 9.59 Å². The van der Waals surface area contributed by atoms with Gasteiger partial charge in [0, 0.05) is 0 Å². The smallest absolute Gasteiger partial charge is 0.270 e. The van der Waals surface area contributed by atoms with Crippen LogP contribution in [0.5, 0.6) is 5.75 Å². The molecular weight excluding hydrogens is 360 g/mol. The number of carbonyl (C=O) groups excluding carboxylic acids is 2. The molecule has 3 rings (SSSR count). The fraction of sp³-hybridized carbons (Fsp3) is 0.190. The van der Waals surface area contributed by atoms with E-state index in [0.29, 0.717) is 17.4 Å². The van der Waals surface area contributed by atoms with Crippen LogP contribution in [0.1, 0.15) is 30.9 Å². The van der Waals surface area contributed by atoms with Gasteiger partial charge in [-0.15, -0.1) is 0 Å². The molecule has 1 saturated heterocycles. The number of amides is 2. The maximum Gasteiger partial charge on any atom is 0.270 e. The number of nitrogens with zero attached hydrogens (tertiary/aromatic N) is 1. The Bertz CT molecular complexity index is 915. The summed E-state index contributed by atoms with van der Waals surface area (Å²) in [6.07, 6.45) is 1.58. The van der Waals surface area contributed by atoms with E-state index in [1.165, 1.54) is 10.5 Å². The number of ether oxygens (including phenoxy) is 1. The van der Waals surface area contributed by atoms with Crippen molar-refractivity contribution in [3.63, 3.8) is 0 Å². The van der Waals surface area contributed by atoms with Crippen molar-refractivity contribution >= 4 is 40.9 Å². The quantitative estimate of drug-likeness (QED) is 0.500. The van der Waals surface area contributed by atoms with Crippen molar-refractivity contribution in [1.82, 2.24) is 5.32 Å². The van der Waals surface area contributed by atoms with Crippen LogP contribution in [0.2, 0.25) is 0 Å². The molecule has 1 fully saturated rings. The third-order valence-electron chi connectivity index (χ3n) is 4.35. The van der Waals surface area contributed by atoms with Gasteiger partial charge in [-0.25, -0.2) is 0 Å². The number of methoxy groups -OCH3 is 1. The average molecular weight is 380 g/mol. The second-order valence-corrected chi connectivity index (χ2v) is 6.86. The minimum atomic E-state index is -0.498. The van der Waals surface area contributed by atoms with E-state index in [2.05, 4.69) is 19.2 Å². The highest BCUT2D eigenvalue weighted by Gasteiger charge is 2.34. The van der Waals surface area contributed by atoms with Gasteiger partial charge in [0.1, 0.15) is 11.3 Å². The van der Waals surface area contributed by atoms with Crippen molar-refractivity contribution in [1.29, 1.82) is 0 Å². The molecule has 1 aliphatic heterocycles. The fourth-order valence-electron chi connectivity index (χ4n) is 2.77. The molecule has 5 nitrogen and oxygen atoms in total. The number of rotatable bonds is 4. The predicted molar refractivity (Wildman–Crippen MR) is 110 cm³/mol. The van der Waals surface area contributed by atoms with Gasteiger partial charge < -0.3 is 4.74 Å². The molecule has 0 aliphatic carbocycles. The topological polar surface area (TPSA) is 58.6 Å². The first kappa shape index (κ1) is 18.8. The van der Waals surface area contributed by atoms with E-state index < -0.39 is 11.8 Å². The first-order valence-electron chi connectivity index (χ1n) is 8.56. The van der Waals surface area contributed by atoms with Crippen molar-refractivity contribution in [3.8, 4) is 5.75 Å². The third-order valence-corrected chi connectivity index (χ3v) is 4.63. The lowest BCUT2D eigenvalue weighted by molar-refractivity contribution is -0.122. The molecule has 0 radical (unpaired) electrons. The zero-order valence-electron chi connectivity index (χ0n) is 15.4. The van der Waals surface area contributed by atoms with Gasteiger partial charge >= 0.3 is 0 Å². The van der Waals surface area contributed by atoms with Crippen LogP contribution >= 0.6 is 12.2 Å². The maximum atomic E-state index is 13.0. The first-order valence-corrected chi connectivity index (χ1v) is 8.97. The van der Waals surface area contributed by atoms with Crippen molar-refractivity contribution < 1.29 is 14.3 Å². The number of benzene rings is 2. The molecule has 0 spiro atoms. The van der Waals surface area contributed by atoms with Crippen LogP contribution in [0.25, 0.3) is 6.08 Å². The summed E-state index contributed by atoms with van der Waals surface area (Å²) in [5.74, 6) is 0.123. The molecule has 2 aromatic carbocycles. The summed E-state index contributed by atoms with van der Waals surface area (Å²) < 4.78 is 5.14. The molecule has 138 valence electrons. The van der Waals surface area contributed by atoms with E-state index >= 15 is 0 Å². The highest BCUT2D eigenvalue weighted by molar-refractivity contribution is 7.80. The van der Waals surface area contributed by atoms with E-state index in [4.69, 9.17) is 17.0 Å². The third kappa shape index (κ3) is 3.90. The Hall–Kier alpha value is -2.99. The van der Waals surface area contributed by atoms with Crippen LogP contribution < -0.4 is 15.0 Å². The van der Waals surface area contributed by atoms with Crippen LogP contribution in [0.15, 0.2) is 54.1 Å². The summed E-state index contributed by atoms with van der Waals surface area (Å²) in [6, 6.07) is 14.7. The highest BCUT2D eigenvalue weighted by atomic mass is 32.1. The number of carbonyl (C=O) groups is 2. The Morgan fingerprint density at radius 2 is 1.67 bits per heavy atom. The minimum Gasteiger partial charge on any atom is -0.497 e. The Labute approximate surface area is 163 Å². The first-order chi connectivity index (χ1) is 12.9. The van der Waals surface area contributed by atoms with E-state index in [1.807, 2.05) is 24.3 Å². The van der Waals surface area contributed by atoms with Crippen LogP contribution in [0.3, 0.4) is 0 Å². The molecule has 2 aromatic rings. The van der Waals surface area contributed by atoms with Crippen molar-refractivity contribution in [2.75, 3.05) is 12.0 Å². The van der Waals surface area contributed by atoms with E-state index in [9.17, 15) is 9.59 Å². The molecule has 6 heteroatoms. The largest absolute Gasteiger partial charge is 0.497 e. The number of thiocarbonyl (C=S) groups is 1. The molecule has 0 unspecified atom stereocenters. The molecule has 0 atom stereocenters. The summed E-state index contributed by atoms with van der Waals surface area (Å²) in [6.45, 7) is 4.22. The normalized spacial score (nSPS) is 16.1. The van der Waals surface area contributed by atoms with E-state index in [0.717, 1.165) is 5.56 Å². The lowest BCUT2D eigenvalue weighted by Gasteiger charge is -2.29. The number of hydrogen-bond donors (Lipinski definition) is 1. The Kier molecular flexibility index (Phi) is 5.37. The molecule has 0 saturated carbocycles. The SMILES string of the molecule is COc1ccc(N2C(=O)/C(=C\c3ccc(C(C)C)cc3)C(=O)NC2=S)cc1. The Morgan fingerprint density at radius 3 is 2.22 bits per heavy atom. The number of anilines is 1. The van der Waals surface area contributed by atoms with E-state index in [1.54, 1.807) is 37.5 Å². The second kappa shape index (κ2) is 7.72. The Balaban J connectivity index is 1.93. The summed E-state index contributed by atoms with van der Waals surface area (Å²) in [5, 5.41) is 2.64. The van der Waals surface area contributed by atoms with Crippen LogP contribution in [0.4, 0.5) is 5.69 Å². The minimum absolute atomic E-state index is 0.0386. The van der Waals surface area contributed by atoms with Gasteiger partial charge in [-0.3, -0.25) is 19.8 Å². The highest BCUT2D eigenvalue weighted by Crippen LogP contribution is 2.24. The van der Waals surface area contributed by atoms with Crippen molar-refractivity contribution in [3.05, 3.63) is 65.2 Å². The second-order valence-electron chi connectivity index (χ2n) is 6.48. The maximum absolute atomic E-state index is 13.0. The number of nitrogens with one attached hydrogen (secondary N) is 1. The molecule has 0 aromatic heterocycles. The van der Waals surface area contributed by atoms with Crippen LogP contribution in [0, 0.1) is 0 Å². The molecule has 1 heterocycles. The monoisotopic (exact) mass is 380 g/mol. The average Bonchev–Trinajstić information content (AvgIpc) is 2.66. The summed E-state index contributed by atoms with van der Waals surface area (Å²) in [4.78, 5) is 26.6. The van der Waals surface area contributed by atoms with Gasteiger partial charge in [0.25, 0.3) is 11.8 Å². The van der Waals surface area contributed by atoms with E-state index in [-0.39, 0.29) is 10.7 Å². The summed E-state index contributed by atoms with van der Waals surface area (Å²) >= 11 is 5.20. The van der Waals surface area contributed by atoms with Gasteiger partial charge in [0.15, 0.2) is 5.11 Å². The molecular formula is C21H20N2O3S. The van der Waals surface area contributed by atoms with Crippen molar-refractivity contribution in [2.45, 2.75) is 19.8 Å². The van der Waals surface area contributed by atoms with Gasteiger partial charge in [-0.05, 0) is 59.6 Å². The predicted octanol–water partition coefficient (Wildman–Crippen LogP) is 3.65. The van der Waals surface area contributed by atoms with Crippen LogP contribution in [-0.4, -0.2) is 24.0 Å². The fourth-order valence-corrected chi connectivity index (χ4v) is 3.05. The van der Waals surface area contributed by atoms with Gasteiger partial charge in [0.2, 0.25) is 0 Å². The van der Waals surface area contributed by atoms with Gasteiger partial charge in [-0.2, -0.15) is 0 Å². The molecule has 1 aliphatic rings. The molecule has 2 amide bonds. The lowest BCUT2D eigenvalue weighted by atomic mass is 10.0. The van der Waals surface area contributed by atoms with Crippen molar-refractivity contribution in [2.24, 2.45) is 0 Å². The standard InChI is InChI=1S/C21H20N2O3S/c1-13(2)15-6-4-14(5-7-15)12-18-19(24)22-21(27)23(20(18)25)16-8-10-17(26-3)11-9-16/h4-13H,1-3H3,(H,22,24,27)/b18-12-. The molecule has 0 bridgehead atoms. The van der Waals surface area contributed by atoms with Gasteiger partial charge in [0.05, 0.1) is 12.8 Å². The molecule has 1 N–H and O–H groups in total. The Morgan fingerprint density at radius 1 is 1.04 bits per heavy atom.